The number of benzene rings is 3. The SMILES string of the molecule is CNC(=O)N(CC(=O)c1ccc(OC(C)C)c(Cl)c1)Cc1ccc(-c2ccccc2)cc1. The molecule has 6 heteroatoms. The van der Waals surface area contributed by atoms with Gasteiger partial charge in [0.1, 0.15) is 5.75 Å². The Labute approximate surface area is 194 Å². The predicted octanol–water partition coefficient (Wildman–Crippen LogP) is 5.82. The molecule has 166 valence electrons. The molecule has 0 spiro atoms. The fourth-order valence-corrected chi connectivity index (χ4v) is 3.52. The molecule has 0 saturated heterocycles. The number of nitrogens with zero attached hydrogens (tertiary/aromatic N) is 1. The van der Waals surface area contributed by atoms with Crippen molar-refractivity contribution in [1.82, 2.24) is 10.2 Å². The van der Waals surface area contributed by atoms with Gasteiger partial charge < -0.3 is 15.0 Å². The first-order chi connectivity index (χ1) is 15.4. The zero-order valence-electron chi connectivity index (χ0n) is 18.5. The lowest BCUT2D eigenvalue weighted by atomic mass is 10.0. The number of carbonyl (C=O) groups is 2. The van der Waals surface area contributed by atoms with Gasteiger partial charge in [-0.3, -0.25) is 4.79 Å². The molecule has 5 nitrogen and oxygen atoms in total. The van der Waals surface area contributed by atoms with Crippen LogP contribution in [-0.4, -0.2) is 36.4 Å². The fraction of sp³-hybridized carbons (Fsp3) is 0.231. The maximum atomic E-state index is 12.9. The first-order valence-corrected chi connectivity index (χ1v) is 10.9. The summed E-state index contributed by atoms with van der Waals surface area (Å²) >= 11 is 6.27. The van der Waals surface area contributed by atoms with Crippen molar-refractivity contribution in [3.63, 3.8) is 0 Å². The molecule has 0 atom stereocenters. The van der Waals surface area contributed by atoms with Gasteiger partial charge in [0.25, 0.3) is 0 Å². The molecule has 3 aromatic carbocycles. The molecule has 0 radical (unpaired) electrons. The van der Waals surface area contributed by atoms with E-state index >= 15 is 0 Å². The highest BCUT2D eigenvalue weighted by Crippen LogP contribution is 2.27. The van der Waals surface area contributed by atoms with Gasteiger partial charge in [0, 0.05) is 19.2 Å². The number of ketones is 1. The summed E-state index contributed by atoms with van der Waals surface area (Å²) in [5.41, 5.74) is 3.58. The molecular weight excluding hydrogens is 424 g/mol. The van der Waals surface area contributed by atoms with Crippen LogP contribution >= 0.6 is 11.6 Å². The topological polar surface area (TPSA) is 58.6 Å². The minimum Gasteiger partial charge on any atom is -0.489 e. The molecule has 0 unspecified atom stereocenters. The normalized spacial score (nSPS) is 10.7. The number of amides is 2. The molecule has 0 aliphatic heterocycles. The third-order valence-corrected chi connectivity index (χ3v) is 5.18. The number of rotatable bonds is 8. The van der Waals surface area contributed by atoms with E-state index in [-0.39, 0.29) is 24.5 Å². The van der Waals surface area contributed by atoms with E-state index in [1.807, 2.05) is 68.4 Å². The monoisotopic (exact) mass is 450 g/mol. The minimum atomic E-state index is -0.323. The van der Waals surface area contributed by atoms with Crippen molar-refractivity contribution in [2.75, 3.05) is 13.6 Å². The Hall–Kier alpha value is -3.31. The van der Waals surface area contributed by atoms with Gasteiger partial charge in [0.15, 0.2) is 5.78 Å². The molecule has 0 aliphatic carbocycles. The summed E-state index contributed by atoms with van der Waals surface area (Å²) in [6.45, 7) is 4.05. The van der Waals surface area contributed by atoms with E-state index in [0.717, 1.165) is 16.7 Å². The van der Waals surface area contributed by atoms with E-state index in [0.29, 0.717) is 22.9 Å². The average molecular weight is 451 g/mol. The predicted molar refractivity (Wildman–Crippen MR) is 128 cm³/mol. The molecule has 2 amide bonds. The van der Waals surface area contributed by atoms with Crippen molar-refractivity contribution in [2.24, 2.45) is 0 Å². The van der Waals surface area contributed by atoms with Gasteiger partial charge in [0.2, 0.25) is 0 Å². The summed E-state index contributed by atoms with van der Waals surface area (Å²) < 4.78 is 5.62. The Morgan fingerprint density at radius 3 is 2.22 bits per heavy atom. The largest absolute Gasteiger partial charge is 0.489 e. The summed E-state index contributed by atoms with van der Waals surface area (Å²) in [6.07, 6.45) is -0.0222. The fourth-order valence-electron chi connectivity index (χ4n) is 3.30. The molecule has 0 heterocycles. The highest BCUT2D eigenvalue weighted by Gasteiger charge is 2.19. The van der Waals surface area contributed by atoms with Crippen LogP contribution in [0.15, 0.2) is 72.8 Å². The number of ether oxygens (including phenoxy) is 1. The third-order valence-electron chi connectivity index (χ3n) is 4.89. The number of halogens is 1. The van der Waals surface area contributed by atoms with E-state index in [4.69, 9.17) is 16.3 Å². The van der Waals surface area contributed by atoms with Crippen LogP contribution < -0.4 is 10.1 Å². The van der Waals surface area contributed by atoms with Crippen LogP contribution in [0.4, 0.5) is 4.79 Å². The maximum absolute atomic E-state index is 12.9. The molecule has 0 aliphatic rings. The average Bonchev–Trinajstić information content (AvgIpc) is 2.80. The van der Waals surface area contributed by atoms with Crippen LogP contribution in [-0.2, 0) is 6.54 Å². The van der Waals surface area contributed by atoms with E-state index in [9.17, 15) is 9.59 Å². The first kappa shape index (κ1) is 23.4. The lowest BCUT2D eigenvalue weighted by Crippen LogP contribution is -2.40. The van der Waals surface area contributed by atoms with Crippen molar-refractivity contribution in [2.45, 2.75) is 26.5 Å². The van der Waals surface area contributed by atoms with Crippen molar-refractivity contribution >= 4 is 23.4 Å². The number of nitrogens with one attached hydrogen (secondary N) is 1. The summed E-state index contributed by atoms with van der Waals surface area (Å²) in [5.74, 6) is 0.326. The van der Waals surface area contributed by atoms with Gasteiger partial charge in [0.05, 0.1) is 17.7 Å². The summed E-state index contributed by atoms with van der Waals surface area (Å²) in [5, 5.41) is 2.98. The van der Waals surface area contributed by atoms with Crippen molar-refractivity contribution in [3.8, 4) is 16.9 Å². The lowest BCUT2D eigenvalue weighted by Gasteiger charge is -2.22. The number of hydrogen-bond acceptors (Lipinski definition) is 3. The molecule has 0 aromatic heterocycles. The van der Waals surface area contributed by atoms with E-state index in [2.05, 4.69) is 5.32 Å². The molecule has 1 N–H and O–H groups in total. The van der Waals surface area contributed by atoms with Gasteiger partial charge in [-0.1, -0.05) is 66.2 Å². The lowest BCUT2D eigenvalue weighted by molar-refractivity contribution is 0.0940. The molecular formula is C26H27ClN2O3. The molecule has 3 rings (SSSR count). The van der Waals surface area contributed by atoms with Crippen LogP contribution in [0.5, 0.6) is 5.75 Å². The Morgan fingerprint density at radius 2 is 1.62 bits per heavy atom. The second-order valence-corrected chi connectivity index (χ2v) is 8.12. The van der Waals surface area contributed by atoms with Crippen LogP contribution in [0.1, 0.15) is 29.8 Å². The van der Waals surface area contributed by atoms with Crippen molar-refractivity contribution in [1.29, 1.82) is 0 Å². The van der Waals surface area contributed by atoms with Crippen LogP contribution in [0.25, 0.3) is 11.1 Å². The zero-order chi connectivity index (χ0) is 23.1. The zero-order valence-corrected chi connectivity index (χ0v) is 19.2. The first-order valence-electron chi connectivity index (χ1n) is 10.5. The van der Waals surface area contributed by atoms with Gasteiger partial charge in [-0.2, -0.15) is 0 Å². The second kappa shape index (κ2) is 10.8. The standard InChI is InChI=1S/C26H27ClN2O3/c1-18(2)32-25-14-13-22(15-23(25)27)24(30)17-29(26(31)28-3)16-19-9-11-21(12-10-19)20-7-5-4-6-8-20/h4-15,18H,16-17H2,1-3H3,(H,28,31). The molecule has 0 saturated carbocycles. The van der Waals surface area contributed by atoms with Gasteiger partial charge in [-0.25, -0.2) is 4.79 Å². The van der Waals surface area contributed by atoms with Gasteiger partial charge >= 0.3 is 6.03 Å². The highest BCUT2D eigenvalue weighted by atomic mass is 35.5. The molecule has 0 bridgehead atoms. The van der Waals surface area contributed by atoms with E-state index in [1.54, 1.807) is 25.2 Å². The number of Topliss-reactive ketones (excluding diaryl/α,β-unsaturated/α-hetero) is 1. The summed E-state index contributed by atoms with van der Waals surface area (Å²) in [4.78, 5) is 26.8. The van der Waals surface area contributed by atoms with E-state index in [1.165, 1.54) is 4.90 Å². The maximum Gasteiger partial charge on any atom is 0.317 e. The van der Waals surface area contributed by atoms with Crippen LogP contribution in [0.2, 0.25) is 5.02 Å². The van der Waals surface area contributed by atoms with Crippen molar-refractivity contribution in [3.05, 3.63) is 88.9 Å². The summed E-state index contributed by atoms with van der Waals surface area (Å²) in [6, 6.07) is 22.7. The smallest absolute Gasteiger partial charge is 0.317 e. The number of hydrogen-bond donors (Lipinski definition) is 1. The highest BCUT2D eigenvalue weighted by molar-refractivity contribution is 6.32. The van der Waals surface area contributed by atoms with E-state index < -0.39 is 0 Å². The van der Waals surface area contributed by atoms with Crippen LogP contribution in [0, 0.1) is 0 Å². The Morgan fingerprint density at radius 1 is 0.969 bits per heavy atom. The number of carbonyl (C=O) groups excluding carboxylic acids is 2. The number of urea groups is 1. The Balaban J connectivity index is 1.72. The van der Waals surface area contributed by atoms with Crippen molar-refractivity contribution < 1.29 is 14.3 Å². The Bertz CT molecular complexity index is 1070. The second-order valence-electron chi connectivity index (χ2n) is 7.71. The third kappa shape index (κ3) is 6.11. The van der Waals surface area contributed by atoms with Gasteiger partial charge in [-0.05, 0) is 48.7 Å². The molecule has 32 heavy (non-hydrogen) atoms. The quantitative estimate of drug-likeness (QED) is 0.440. The molecule has 0 fully saturated rings. The Kier molecular flexibility index (Phi) is 7.90. The van der Waals surface area contributed by atoms with Crippen LogP contribution in [0.3, 0.4) is 0 Å². The van der Waals surface area contributed by atoms with Gasteiger partial charge in [-0.15, -0.1) is 0 Å². The minimum absolute atomic E-state index is 0.0222. The summed E-state index contributed by atoms with van der Waals surface area (Å²) in [7, 11) is 1.55. The molecule has 3 aromatic rings.